The van der Waals surface area contributed by atoms with E-state index in [9.17, 15) is 4.79 Å². The van der Waals surface area contributed by atoms with Crippen LogP contribution >= 0.6 is 11.8 Å². The summed E-state index contributed by atoms with van der Waals surface area (Å²) in [6, 6.07) is 8.60. The summed E-state index contributed by atoms with van der Waals surface area (Å²) in [5.41, 5.74) is 7.37. The van der Waals surface area contributed by atoms with Crippen LogP contribution in [0.1, 0.15) is 44.2 Å². The molecule has 2 rings (SSSR count). The minimum Gasteiger partial charge on any atom is -0.469 e. The molecule has 2 N–H and O–H groups in total. The van der Waals surface area contributed by atoms with E-state index in [0.29, 0.717) is 6.42 Å². The first-order valence-electron chi connectivity index (χ1n) is 7.14. The Hall–Kier alpha value is -1.00. The van der Waals surface area contributed by atoms with Gasteiger partial charge >= 0.3 is 5.97 Å². The molecule has 1 saturated carbocycles. The highest BCUT2D eigenvalue weighted by molar-refractivity contribution is 7.99. The van der Waals surface area contributed by atoms with Gasteiger partial charge in [0.15, 0.2) is 0 Å². The summed E-state index contributed by atoms with van der Waals surface area (Å²) in [6.45, 7) is 2.09. The van der Waals surface area contributed by atoms with Gasteiger partial charge < -0.3 is 10.5 Å². The van der Waals surface area contributed by atoms with Gasteiger partial charge in [-0.15, -0.1) is 11.8 Å². The number of hydrogen-bond acceptors (Lipinski definition) is 4. The third-order valence-electron chi connectivity index (χ3n) is 4.00. The Morgan fingerprint density at radius 1 is 1.40 bits per heavy atom. The van der Waals surface area contributed by atoms with Crippen molar-refractivity contribution in [2.24, 2.45) is 11.1 Å². The van der Waals surface area contributed by atoms with Crippen molar-refractivity contribution in [3.8, 4) is 0 Å². The van der Waals surface area contributed by atoms with Crippen LogP contribution in [0, 0.1) is 5.41 Å². The number of benzene rings is 1. The van der Waals surface area contributed by atoms with Crippen molar-refractivity contribution in [2.45, 2.75) is 43.5 Å². The molecule has 0 heterocycles. The van der Waals surface area contributed by atoms with Gasteiger partial charge in [0.1, 0.15) is 0 Å². The second kappa shape index (κ2) is 6.64. The third-order valence-corrected chi connectivity index (χ3v) is 5.36. The number of carbonyl (C=O) groups excluding carboxylic acids is 1. The van der Waals surface area contributed by atoms with Gasteiger partial charge in [-0.2, -0.15) is 0 Å². The van der Waals surface area contributed by atoms with Crippen molar-refractivity contribution in [2.75, 3.05) is 12.9 Å². The van der Waals surface area contributed by atoms with E-state index in [1.54, 1.807) is 0 Å². The number of carbonyl (C=O) groups is 1. The van der Waals surface area contributed by atoms with Gasteiger partial charge in [0.05, 0.1) is 13.5 Å². The normalized spacial score (nSPS) is 17.6. The first-order chi connectivity index (χ1) is 9.58. The maximum atomic E-state index is 11.4. The maximum absolute atomic E-state index is 11.4. The molecule has 0 bridgehead atoms. The van der Waals surface area contributed by atoms with Crippen molar-refractivity contribution in [3.63, 3.8) is 0 Å². The fraction of sp³-hybridized carbons (Fsp3) is 0.562. The highest BCUT2D eigenvalue weighted by atomic mass is 32.2. The standard InChI is InChI=1S/C16H23NO2S/c1-3-14(17)12-4-6-13(7-5-12)20-11-16(8-9-16)10-15(18)19-2/h4-7,14H,3,8-11,17H2,1-2H3/t14-/m0/s1. The van der Waals surface area contributed by atoms with Crippen LogP contribution in [0.2, 0.25) is 0 Å². The van der Waals surface area contributed by atoms with Crippen molar-refractivity contribution in [1.82, 2.24) is 0 Å². The van der Waals surface area contributed by atoms with Crippen molar-refractivity contribution in [1.29, 1.82) is 0 Å². The predicted molar refractivity (Wildman–Crippen MR) is 82.7 cm³/mol. The Bertz CT molecular complexity index is 454. The summed E-state index contributed by atoms with van der Waals surface area (Å²) in [6.07, 6.45) is 3.77. The fourth-order valence-electron chi connectivity index (χ4n) is 2.21. The molecule has 1 atom stereocenters. The van der Waals surface area contributed by atoms with E-state index < -0.39 is 0 Å². The number of nitrogens with two attached hydrogens (primary N) is 1. The third kappa shape index (κ3) is 4.00. The van der Waals surface area contributed by atoms with Gasteiger partial charge in [-0.05, 0) is 42.4 Å². The van der Waals surface area contributed by atoms with Crippen LogP contribution in [0.4, 0.5) is 0 Å². The first-order valence-corrected chi connectivity index (χ1v) is 8.12. The molecule has 110 valence electrons. The molecule has 0 saturated heterocycles. The number of thioether (sulfide) groups is 1. The van der Waals surface area contributed by atoms with E-state index in [0.717, 1.165) is 25.0 Å². The van der Waals surface area contributed by atoms with Crippen LogP contribution in [-0.4, -0.2) is 18.8 Å². The first kappa shape index (κ1) is 15.4. The lowest BCUT2D eigenvalue weighted by atomic mass is 10.1. The quantitative estimate of drug-likeness (QED) is 0.617. The lowest BCUT2D eigenvalue weighted by molar-refractivity contribution is -0.141. The van der Waals surface area contributed by atoms with E-state index in [1.807, 2.05) is 11.8 Å². The molecular formula is C16H23NO2S. The van der Waals surface area contributed by atoms with Gasteiger partial charge in [-0.3, -0.25) is 4.79 Å². The molecule has 4 heteroatoms. The molecule has 3 nitrogen and oxygen atoms in total. The minimum atomic E-state index is -0.0904. The SMILES string of the molecule is CC[C@H](N)c1ccc(SCC2(CC(=O)OC)CC2)cc1. The molecule has 0 amide bonds. The molecular weight excluding hydrogens is 270 g/mol. The van der Waals surface area contributed by atoms with E-state index in [2.05, 4.69) is 31.2 Å². The van der Waals surface area contributed by atoms with E-state index in [-0.39, 0.29) is 17.4 Å². The second-order valence-corrected chi connectivity index (χ2v) is 6.67. The zero-order chi connectivity index (χ0) is 14.6. The fourth-order valence-corrected chi connectivity index (χ4v) is 3.40. The zero-order valence-electron chi connectivity index (χ0n) is 12.2. The molecule has 1 aliphatic rings. The highest BCUT2D eigenvalue weighted by Gasteiger charge is 2.44. The summed E-state index contributed by atoms with van der Waals surface area (Å²) < 4.78 is 4.77. The average molecular weight is 293 g/mol. The molecule has 1 fully saturated rings. The smallest absolute Gasteiger partial charge is 0.306 e. The summed E-state index contributed by atoms with van der Waals surface area (Å²) in [7, 11) is 1.46. The van der Waals surface area contributed by atoms with Crippen LogP contribution in [-0.2, 0) is 9.53 Å². The van der Waals surface area contributed by atoms with Crippen LogP contribution in [0.3, 0.4) is 0 Å². The molecule has 0 spiro atoms. The van der Waals surface area contributed by atoms with Crippen LogP contribution in [0.5, 0.6) is 0 Å². The van der Waals surface area contributed by atoms with Gasteiger partial charge in [0, 0.05) is 16.7 Å². The largest absolute Gasteiger partial charge is 0.469 e. The molecule has 1 aromatic rings. The molecule has 20 heavy (non-hydrogen) atoms. The number of esters is 1. The van der Waals surface area contributed by atoms with Crippen LogP contribution in [0.15, 0.2) is 29.2 Å². The maximum Gasteiger partial charge on any atom is 0.306 e. The van der Waals surface area contributed by atoms with E-state index in [4.69, 9.17) is 10.5 Å². The van der Waals surface area contributed by atoms with Crippen molar-refractivity contribution >= 4 is 17.7 Å². The monoisotopic (exact) mass is 293 g/mol. The van der Waals surface area contributed by atoms with Gasteiger partial charge in [0.25, 0.3) is 0 Å². The molecule has 0 radical (unpaired) electrons. The van der Waals surface area contributed by atoms with E-state index >= 15 is 0 Å². The number of ether oxygens (including phenoxy) is 1. The summed E-state index contributed by atoms with van der Waals surface area (Å²) in [5.74, 6) is 0.897. The Labute approximate surface area is 125 Å². The number of hydrogen-bond donors (Lipinski definition) is 1. The summed E-state index contributed by atoms with van der Waals surface area (Å²) in [4.78, 5) is 12.6. The van der Waals surface area contributed by atoms with Gasteiger partial charge in [-0.25, -0.2) is 0 Å². The minimum absolute atomic E-state index is 0.0904. The Balaban J connectivity index is 1.86. The lowest BCUT2D eigenvalue weighted by Gasteiger charge is -2.14. The Kier molecular flexibility index (Phi) is 5.11. The van der Waals surface area contributed by atoms with Gasteiger partial charge in [-0.1, -0.05) is 19.1 Å². The molecule has 0 unspecified atom stereocenters. The molecule has 1 aliphatic carbocycles. The molecule has 0 aromatic heterocycles. The summed E-state index contributed by atoms with van der Waals surface area (Å²) >= 11 is 1.82. The second-order valence-electron chi connectivity index (χ2n) is 5.63. The number of methoxy groups -OCH3 is 1. The zero-order valence-corrected chi connectivity index (χ0v) is 13.0. The Morgan fingerprint density at radius 3 is 2.55 bits per heavy atom. The van der Waals surface area contributed by atoms with Crippen LogP contribution < -0.4 is 5.73 Å². The van der Waals surface area contributed by atoms with Gasteiger partial charge in [0.2, 0.25) is 0 Å². The lowest BCUT2D eigenvalue weighted by Crippen LogP contribution is -2.13. The topological polar surface area (TPSA) is 52.3 Å². The van der Waals surface area contributed by atoms with Crippen molar-refractivity contribution < 1.29 is 9.53 Å². The number of rotatable bonds is 7. The predicted octanol–water partition coefficient (Wildman–Crippen LogP) is 3.53. The average Bonchev–Trinajstić information content (AvgIpc) is 3.24. The molecule has 1 aromatic carbocycles. The highest BCUT2D eigenvalue weighted by Crippen LogP contribution is 2.52. The van der Waals surface area contributed by atoms with Crippen LogP contribution in [0.25, 0.3) is 0 Å². The Morgan fingerprint density at radius 2 is 2.05 bits per heavy atom. The van der Waals surface area contributed by atoms with E-state index in [1.165, 1.54) is 17.6 Å². The van der Waals surface area contributed by atoms with Crippen molar-refractivity contribution in [3.05, 3.63) is 29.8 Å². The summed E-state index contributed by atoms with van der Waals surface area (Å²) in [5, 5.41) is 0. The molecule has 0 aliphatic heterocycles.